The Morgan fingerprint density at radius 2 is 0.614 bits per heavy atom. The molecule has 0 fully saturated rings. The van der Waals surface area contributed by atoms with Crippen molar-refractivity contribution in [3.05, 3.63) is 24.3 Å². The van der Waals surface area contributed by atoms with Gasteiger partial charge in [0.05, 0.1) is 0 Å². The van der Waals surface area contributed by atoms with E-state index in [1.54, 1.807) is 0 Å². The second-order valence-electron chi connectivity index (χ2n) is 16.8. The van der Waals surface area contributed by atoms with Crippen LogP contribution in [0.5, 0.6) is 0 Å². The topological polar surface area (TPSA) is 78.9 Å². The minimum Gasteiger partial charge on any atom is -0.462 e. The number of unbranched alkanes of at least 4 members (excludes halogenated alkanes) is 31. The molecule has 57 heavy (non-hydrogen) atoms. The Bertz CT molecular complexity index is 927. The predicted molar refractivity (Wildman–Crippen MR) is 243 cm³/mol. The zero-order chi connectivity index (χ0) is 41.5. The zero-order valence-corrected chi connectivity index (χ0v) is 38.1. The van der Waals surface area contributed by atoms with E-state index in [1.807, 2.05) is 0 Å². The monoisotopic (exact) mass is 803 g/mol. The molecule has 0 bridgehead atoms. The van der Waals surface area contributed by atoms with E-state index >= 15 is 0 Å². The molecule has 0 aliphatic heterocycles. The normalized spacial score (nSPS) is 12.1. The van der Waals surface area contributed by atoms with Crippen molar-refractivity contribution in [2.45, 2.75) is 271 Å². The molecule has 1 atom stereocenters. The maximum atomic E-state index is 12.8. The highest BCUT2D eigenvalue weighted by molar-refractivity contribution is 5.71. The number of allylic oxidation sites excluding steroid dienone is 4. The maximum absolute atomic E-state index is 12.8. The van der Waals surface area contributed by atoms with E-state index in [0.717, 1.165) is 64.2 Å². The fourth-order valence-electron chi connectivity index (χ4n) is 7.20. The molecule has 0 aliphatic rings. The first-order chi connectivity index (χ1) is 28.0. The summed E-state index contributed by atoms with van der Waals surface area (Å²) in [5.41, 5.74) is 0. The SMILES string of the molecule is CCCCC/C=C\C=C/CCCCCCCCC(=O)OCC(COC(=O)CCCCCCCCCCCC)OC(=O)CCCCCCCCCCCCCCCC. The molecule has 6 heteroatoms. The van der Waals surface area contributed by atoms with Gasteiger partial charge in [0, 0.05) is 19.3 Å². The number of ether oxygens (including phenoxy) is 3. The summed E-state index contributed by atoms with van der Waals surface area (Å²) in [6.45, 7) is 6.60. The number of hydrogen-bond donors (Lipinski definition) is 0. The van der Waals surface area contributed by atoms with Crippen LogP contribution in [0.4, 0.5) is 0 Å². The summed E-state index contributed by atoms with van der Waals surface area (Å²) >= 11 is 0. The molecular weight excluding hydrogens is 709 g/mol. The molecule has 0 aliphatic carbocycles. The van der Waals surface area contributed by atoms with Crippen LogP contribution in [0.15, 0.2) is 24.3 Å². The van der Waals surface area contributed by atoms with Crippen LogP contribution in [0.1, 0.15) is 265 Å². The molecule has 0 amide bonds. The molecule has 1 unspecified atom stereocenters. The fourth-order valence-corrected chi connectivity index (χ4v) is 7.20. The highest BCUT2D eigenvalue weighted by Crippen LogP contribution is 2.16. The molecular formula is C51H94O6. The van der Waals surface area contributed by atoms with E-state index in [1.165, 1.54) is 161 Å². The third-order valence-corrected chi connectivity index (χ3v) is 11.0. The van der Waals surface area contributed by atoms with Crippen LogP contribution in [0.3, 0.4) is 0 Å². The van der Waals surface area contributed by atoms with Gasteiger partial charge in [-0.2, -0.15) is 0 Å². The highest BCUT2D eigenvalue weighted by atomic mass is 16.6. The Labute approximate surface area is 353 Å². The van der Waals surface area contributed by atoms with Gasteiger partial charge in [-0.1, -0.05) is 225 Å². The second kappa shape index (κ2) is 46.6. The smallest absolute Gasteiger partial charge is 0.306 e. The molecule has 0 N–H and O–H groups in total. The van der Waals surface area contributed by atoms with Crippen LogP contribution in [0.2, 0.25) is 0 Å². The number of esters is 3. The van der Waals surface area contributed by atoms with Crippen molar-refractivity contribution in [1.82, 2.24) is 0 Å². The first kappa shape index (κ1) is 54.9. The van der Waals surface area contributed by atoms with E-state index in [9.17, 15) is 14.4 Å². The Hall–Kier alpha value is -2.11. The molecule has 0 aromatic heterocycles. The van der Waals surface area contributed by atoms with Crippen molar-refractivity contribution in [2.24, 2.45) is 0 Å². The van der Waals surface area contributed by atoms with Crippen LogP contribution >= 0.6 is 0 Å². The minimum absolute atomic E-state index is 0.0706. The molecule has 0 heterocycles. The summed E-state index contributed by atoms with van der Waals surface area (Å²) < 4.78 is 16.8. The van der Waals surface area contributed by atoms with Crippen molar-refractivity contribution < 1.29 is 28.6 Å². The number of hydrogen-bond acceptors (Lipinski definition) is 6. The molecule has 0 radical (unpaired) electrons. The van der Waals surface area contributed by atoms with Gasteiger partial charge in [0.25, 0.3) is 0 Å². The standard InChI is InChI=1S/C51H94O6/c1-4-7-10-13-16-19-22-24-26-28-29-32-35-38-41-44-50(53)56-47-48(46-55-49(52)43-40-37-34-31-21-18-15-12-9-6-3)57-51(54)45-42-39-36-33-30-27-25-23-20-17-14-11-8-5-2/h16,19,22,24,48H,4-15,17-18,20-21,23,25-47H2,1-3H3/b19-16-,24-22-. The van der Waals surface area contributed by atoms with Crippen molar-refractivity contribution in [3.63, 3.8) is 0 Å². The van der Waals surface area contributed by atoms with Gasteiger partial charge in [0.1, 0.15) is 13.2 Å². The Kier molecular flexibility index (Phi) is 44.9. The first-order valence-corrected chi connectivity index (χ1v) is 24.9. The van der Waals surface area contributed by atoms with Gasteiger partial charge in [0.2, 0.25) is 0 Å². The summed E-state index contributed by atoms with van der Waals surface area (Å²) in [7, 11) is 0. The molecule has 6 nitrogen and oxygen atoms in total. The van der Waals surface area contributed by atoms with Crippen molar-refractivity contribution in [2.75, 3.05) is 13.2 Å². The lowest BCUT2D eigenvalue weighted by Gasteiger charge is -2.18. The Morgan fingerprint density at radius 1 is 0.351 bits per heavy atom. The summed E-state index contributed by atoms with van der Waals surface area (Å²) in [5.74, 6) is -0.873. The molecule has 334 valence electrons. The lowest BCUT2D eigenvalue weighted by atomic mass is 10.0. The van der Waals surface area contributed by atoms with E-state index < -0.39 is 6.10 Å². The molecule has 0 rings (SSSR count). The minimum atomic E-state index is -0.768. The van der Waals surface area contributed by atoms with Gasteiger partial charge in [0.15, 0.2) is 6.10 Å². The van der Waals surface area contributed by atoms with Crippen LogP contribution in [-0.2, 0) is 28.6 Å². The number of rotatable bonds is 45. The summed E-state index contributed by atoms with van der Waals surface area (Å²) in [6.07, 6.45) is 51.5. The number of carbonyl (C=O) groups excluding carboxylic acids is 3. The van der Waals surface area contributed by atoms with Gasteiger partial charge in [-0.05, 0) is 44.9 Å². The lowest BCUT2D eigenvalue weighted by Crippen LogP contribution is -2.30. The van der Waals surface area contributed by atoms with Crippen molar-refractivity contribution in [3.8, 4) is 0 Å². The maximum Gasteiger partial charge on any atom is 0.306 e. The largest absolute Gasteiger partial charge is 0.462 e. The predicted octanol–water partition coefficient (Wildman–Crippen LogP) is 16.0. The van der Waals surface area contributed by atoms with Gasteiger partial charge in [-0.25, -0.2) is 0 Å². The molecule has 0 spiro atoms. The van der Waals surface area contributed by atoms with Crippen LogP contribution in [0, 0.1) is 0 Å². The van der Waals surface area contributed by atoms with Crippen molar-refractivity contribution >= 4 is 17.9 Å². The van der Waals surface area contributed by atoms with Crippen molar-refractivity contribution in [1.29, 1.82) is 0 Å². The summed E-state index contributed by atoms with van der Waals surface area (Å²) in [4.78, 5) is 37.8. The van der Waals surface area contributed by atoms with Crippen LogP contribution < -0.4 is 0 Å². The lowest BCUT2D eigenvalue weighted by molar-refractivity contribution is -0.167. The molecule has 0 saturated carbocycles. The van der Waals surface area contributed by atoms with Gasteiger partial charge in [-0.15, -0.1) is 0 Å². The fraction of sp³-hybridized carbons (Fsp3) is 0.863. The molecule has 0 saturated heterocycles. The van der Waals surface area contributed by atoms with Gasteiger partial charge in [-0.3, -0.25) is 14.4 Å². The van der Waals surface area contributed by atoms with E-state index in [4.69, 9.17) is 14.2 Å². The highest BCUT2D eigenvalue weighted by Gasteiger charge is 2.19. The van der Waals surface area contributed by atoms with Crippen LogP contribution in [0.25, 0.3) is 0 Å². The molecule has 0 aromatic carbocycles. The van der Waals surface area contributed by atoms with Crippen LogP contribution in [-0.4, -0.2) is 37.2 Å². The summed E-state index contributed by atoms with van der Waals surface area (Å²) in [6, 6.07) is 0. The quantitative estimate of drug-likeness (QED) is 0.0264. The van der Waals surface area contributed by atoms with E-state index in [0.29, 0.717) is 19.3 Å². The third-order valence-electron chi connectivity index (χ3n) is 11.0. The zero-order valence-electron chi connectivity index (χ0n) is 38.1. The van der Waals surface area contributed by atoms with Gasteiger partial charge < -0.3 is 14.2 Å². The second-order valence-corrected chi connectivity index (χ2v) is 16.8. The Morgan fingerprint density at radius 3 is 0.965 bits per heavy atom. The number of carbonyl (C=O) groups is 3. The van der Waals surface area contributed by atoms with Gasteiger partial charge >= 0.3 is 17.9 Å². The van der Waals surface area contributed by atoms with E-state index in [2.05, 4.69) is 45.1 Å². The average molecular weight is 803 g/mol. The molecule has 0 aromatic rings. The average Bonchev–Trinajstić information content (AvgIpc) is 3.21. The van der Waals surface area contributed by atoms with E-state index in [-0.39, 0.29) is 31.1 Å². The Balaban J connectivity index is 4.34. The third kappa shape index (κ3) is 44.8. The summed E-state index contributed by atoms with van der Waals surface area (Å²) in [5, 5.41) is 0. The first-order valence-electron chi connectivity index (χ1n) is 24.9.